The van der Waals surface area contributed by atoms with E-state index in [0.717, 1.165) is 27.3 Å². The molecular weight excluding hydrogens is 450 g/mol. The van der Waals surface area contributed by atoms with Crippen molar-refractivity contribution < 1.29 is 18.0 Å². The van der Waals surface area contributed by atoms with E-state index in [4.69, 9.17) is 0 Å². The summed E-state index contributed by atoms with van der Waals surface area (Å²) in [5.74, 6) is -0.398. The monoisotopic (exact) mass is 487 g/mol. The summed E-state index contributed by atoms with van der Waals surface area (Å²) in [5.41, 5.74) is 3.11. The lowest BCUT2D eigenvalue weighted by Crippen LogP contribution is -2.52. The molecule has 1 N–H and O–H groups in total. The van der Waals surface area contributed by atoms with Gasteiger partial charge in [-0.3, -0.25) is 13.9 Å². The van der Waals surface area contributed by atoms with Gasteiger partial charge in [-0.05, 0) is 43.4 Å². The third-order valence-electron chi connectivity index (χ3n) is 5.57. The zero-order valence-electron chi connectivity index (χ0n) is 21.0. The van der Waals surface area contributed by atoms with Crippen molar-refractivity contribution in [2.24, 2.45) is 5.92 Å². The minimum absolute atomic E-state index is 0.208. The number of carbonyl (C=O) groups excluding carboxylic acids is 2. The van der Waals surface area contributed by atoms with Crippen LogP contribution in [-0.4, -0.2) is 50.5 Å². The van der Waals surface area contributed by atoms with Gasteiger partial charge in [0.2, 0.25) is 21.8 Å². The van der Waals surface area contributed by atoms with Crippen LogP contribution >= 0.6 is 0 Å². The molecule has 0 aliphatic rings. The Labute approximate surface area is 204 Å². The molecule has 2 aromatic carbocycles. The highest BCUT2D eigenvalue weighted by Crippen LogP contribution is 2.23. The second-order valence-corrected chi connectivity index (χ2v) is 11.0. The van der Waals surface area contributed by atoms with Crippen LogP contribution in [-0.2, 0) is 26.2 Å². The van der Waals surface area contributed by atoms with Crippen LogP contribution in [0.5, 0.6) is 0 Å². The Hall–Kier alpha value is -2.87. The van der Waals surface area contributed by atoms with E-state index < -0.39 is 22.0 Å². The number of para-hydroxylation sites is 1. The van der Waals surface area contributed by atoms with E-state index in [2.05, 4.69) is 5.32 Å². The van der Waals surface area contributed by atoms with Crippen LogP contribution < -0.4 is 9.62 Å². The lowest BCUT2D eigenvalue weighted by Gasteiger charge is -2.33. The number of anilines is 1. The molecule has 2 amide bonds. The first-order chi connectivity index (χ1) is 15.9. The van der Waals surface area contributed by atoms with E-state index in [1.54, 1.807) is 25.1 Å². The number of sulfonamides is 1. The van der Waals surface area contributed by atoms with Crippen molar-refractivity contribution in [2.75, 3.05) is 23.7 Å². The molecule has 0 saturated heterocycles. The molecule has 0 heterocycles. The Morgan fingerprint density at radius 1 is 1.03 bits per heavy atom. The molecule has 8 heteroatoms. The van der Waals surface area contributed by atoms with Gasteiger partial charge in [0.15, 0.2) is 0 Å². The fourth-order valence-corrected chi connectivity index (χ4v) is 4.69. The third kappa shape index (κ3) is 7.58. The number of nitrogens with zero attached hydrogens (tertiary/aromatic N) is 2. The second-order valence-electron chi connectivity index (χ2n) is 9.13. The molecule has 0 aliphatic heterocycles. The Bertz CT molecular complexity index is 1100. The Morgan fingerprint density at radius 2 is 1.71 bits per heavy atom. The summed E-state index contributed by atoms with van der Waals surface area (Å²) < 4.78 is 26.5. The molecule has 0 bridgehead atoms. The van der Waals surface area contributed by atoms with Crippen molar-refractivity contribution >= 4 is 27.5 Å². The smallest absolute Gasteiger partial charge is 0.244 e. The number of amides is 2. The topological polar surface area (TPSA) is 86.8 Å². The van der Waals surface area contributed by atoms with Gasteiger partial charge in [-0.2, -0.15) is 0 Å². The van der Waals surface area contributed by atoms with Gasteiger partial charge in [0.25, 0.3) is 0 Å². The van der Waals surface area contributed by atoms with Crippen molar-refractivity contribution in [1.29, 1.82) is 0 Å². The number of nitrogens with one attached hydrogen (secondary N) is 1. The molecule has 0 unspecified atom stereocenters. The SMILES string of the molecule is CC[C@@H](C(=O)NCC(C)C)N(Cc1cccc(C)c1)C(=O)CN(c1ccccc1C)S(C)(=O)=O. The summed E-state index contributed by atoms with van der Waals surface area (Å²) >= 11 is 0. The van der Waals surface area contributed by atoms with E-state index >= 15 is 0 Å². The summed E-state index contributed by atoms with van der Waals surface area (Å²) in [5, 5.41) is 2.93. The second kappa shape index (κ2) is 12.0. The molecule has 2 rings (SSSR count). The highest BCUT2D eigenvalue weighted by Gasteiger charge is 2.32. The molecule has 0 aliphatic carbocycles. The molecule has 0 fully saturated rings. The number of aryl methyl sites for hydroxylation is 2. The lowest BCUT2D eigenvalue weighted by atomic mass is 10.1. The molecule has 1 atom stereocenters. The Morgan fingerprint density at radius 3 is 2.26 bits per heavy atom. The molecule has 0 spiro atoms. The predicted molar refractivity (Wildman–Crippen MR) is 137 cm³/mol. The maximum Gasteiger partial charge on any atom is 0.244 e. The summed E-state index contributed by atoms with van der Waals surface area (Å²) in [4.78, 5) is 28.2. The predicted octanol–water partition coefficient (Wildman–Crippen LogP) is 3.65. The molecule has 0 radical (unpaired) electrons. The number of benzene rings is 2. The maximum atomic E-state index is 13.7. The van der Waals surface area contributed by atoms with Gasteiger partial charge < -0.3 is 10.2 Å². The van der Waals surface area contributed by atoms with E-state index in [1.807, 2.05) is 58.0 Å². The molecule has 0 saturated carbocycles. The van der Waals surface area contributed by atoms with Crippen LogP contribution in [0.3, 0.4) is 0 Å². The van der Waals surface area contributed by atoms with Crippen LogP contribution in [0.4, 0.5) is 5.69 Å². The van der Waals surface area contributed by atoms with Gasteiger partial charge in [-0.15, -0.1) is 0 Å². The molecule has 186 valence electrons. The van der Waals surface area contributed by atoms with E-state index in [-0.39, 0.29) is 24.9 Å². The van der Waals surface area contributed by atoms with Gasteiger partial charge in [0.1, 0.15) is 12.6 Å². The number of hydrogen-bond acceptors (Lipinski definition) is 4. The molecule has 2 aromatic rings. The number of rotatable bonds is 11. The van der Waals surface area contributed by atoms with Gasteiger partial charge >= 0.3 is 0 Å². The molecule has 34 heavy (non-hydrogen) atoms. The van der Waals surface area contributed by atoms with Crippen LogP contribution in [0, 0.1) is 19.8 Å². The van der Waals surface area contributed by atoms with Gasteiger partial charge in [-0.1, -0.05) is 68.8 Å². The van der Waals surface area contributed by atoms with Gasteiger partial charge in [0, 0.05) is 13.1 Å². The zero-order valence-corrected chi connectivity index (χ0v) is 21.9. The average Bonchev–Trinajstić information content (AvgIpc) is 2.75. The quantitative estimate of drug-likeness (QED) is 0.524. The highest BCUT2D eigenvalue weighted by molar-refractivity contribution is 7.92. The minimum atomic E-state index is -3.74. The lowest BCUT2D eigenvalue weighted by molar-refractivity contribution is -0.140. The van der Waals surface area contributed by atoms with Gasteiger partial charge in [-0.25, -0.2) is 8.42 Å². The van der Waals surface area contributed by atoms with Crippen molar-refractivity contribution in [3.05, 3.63) is 65.2 Å². The summed E-state index contributed by atoms with van der Waals surface area (Å²) in [6.45, 7) is 9.95. The van der Waals surface area contributed by atoms with E-state index in [0.29, 0.717) is 18.7 Å². The van der Waals surface area contributed by atoms with Crippen LogP contribution in [0.2, 0.25) is 0 Å². The molecular formula is C26H37N3O4S. The summed E-state index contributed by atoms with van der Waals surface area (Å²) in [7, 11) is -3.74. The fraction of sp³-hybridized carbons (Fsp3) is 0.462. The van der Waals surface area contributed by atoms with Crippen LogP contribution in [0.1, 0.15) is 43.9 Å². The average molecular weight is 488 g/mol. The number of hydrogen-bond donors (Lipinski definition) is 1. The largest absolute Gasteiger partial charge is 0.354 e. The Balaban J connectivity index is 2.43. The first kappa shape index (κ1) is 27.4. The molecule has 0 aromatic heterocycles. The summed E-state index contributed by atoms with van der Waals surface area (Å²) in [6.07, 6.45) is 1.50. The first-order valence-electron chi connectivity index (χ1n) is 11.6. The van der Waals surface area contributed by atoms with E-state index in [9.17, 15) is 18.0 Å². The molecule has 7 nitrogen and oxygen atoms in total. The van der Waals surface area contributed by atoms with Crippen molar-refractivity contribution in [1.82, 2.24) is 10.2 Å². The Kier molecular flexibility index (Phi) is 9.67. The zero-order chi connectivity index (χ0) is 25.5. The standard InChI is InChI=1S/C26H37N3O4S/c1-7-23(26(31)27-16-19(2)3)28(17-22-13-10-11-20(4)15-22)25(30)18-29(34(6,32)33)24-14-9-8-12-21(24)5/h8-15,19,23H,7,16-18H2,1-6H3,(H,27,31)/t23-/m0/s1. The number of carbonyl (C=O) groups is 2. The summed E-state index contributed by atoms with van der Waals surface area (Å²) in [6, 6.07) is 14.1. The highest BCUT2D eigenvalue weighted by atomic mass is 32.2. The fourth-order valence-electron chi connectivity index (χ4n) is 3.79. The van der Waals surface area contributed by atoms with Gasteiger partial charge in [0.05, 0.1) is 11.9 Å². The normalized spacial score (nSPS) is 12.3. The van der Waals surface area contributed by atoms with Crippen molar-refractivity contribution in [3.8, 4) is 0 Å². The van der Waals surface area contributed by atoms with Crippen LogP contribution in [0.15, 0.2) is 48.5 Å². The third-order valence-corrected chi connectivity index (χ3v) is 6.70. The van der Waals surface area contributed by atoms with Crippen molar-refractivity contribution in [2.45, 2.75) is 53.6 Å². The van der Waals surface area contributed by atoms with E-state index in [1.165, 1.54) is 4.90 Å². The minimum Gasteiger partial charge on any atom is -0.354 e. The maximum absolute atomic E-state index is 13.7. The first-order valence-corrected chi connectivity index (χ1v) is 13.4. The van der Waals surface area contributed by atoms with Crippen LogP contribution in [0.25, 0.3) is 0 Å². The van der Waals surface area contributed by atoms with Crippen molar-refractivity contribution in [3.63, 3.8) is 0 Å².